The van der Waals surface area contributed by atoms with E-state index in [0.29, 0.717) is 11.3 Å². The van der Waals surface area contributed by atoms with Gasteiger partial charge in [-0.05, 0) is 48.5 Å². The van der Waals surface area contributed by atoms with Gasteiger partial charge in [-0.2, -0.15) is 11.8 Å². The van der Waals surface area contributed by atoms with Crippen LogP contribution < -0.4 is 21.7 Å². The molecule has 12 heteroatoms. The number of thioether (sulfide) groups is 1. The zero-order chi connectivity index (χ0) is 26.5. The molecule has 1 aromatic rings. The fourth-order valence-corrected chi connectivity index (χ4v) is 3.65. The summed E-state index contributed by atoms with van der Waals surface area (Å²) in [6.45, 7) is 3.10. The van der Waals surface area contributed by atoms with Gasteiger partial charge in [-0.1, -0.05) is 26.0 Å². The Kier molecular flexibility index (Phi) is 13.1. The maximum atomic E-state index is 13.1. The van der Waals surface area contributed by atoms with E-state index >= 15 is 0 Å². The van der Waals surface area contributed by atoms with Crippen LogP contribution in [0.3, 0.4) is 0 Å². The molecule has 0 saturated heterocycles. The van der Waals surface area contributed by atoms with Crippen LogP contribution in [0.15, 0.2) is 24.3 Å². The molecule has 0 spiro atoms. The third-order valence-corrected chi connectivity index (χ3v) is 5.75. The SMILES string of the molecule is CSCCC(NC(=O)C(Cc1ccc(O)cc1)NC(=O)C(CC(C)C)NC(=O)C(N)CO)C(=O)O. The van der Waals surface area contributed by atoms with Gasteiger partial charge in [0, 0.05) is 6.42 Å². The van der Waals surface area contributed by atoms with E-state index < -0.39 is 54.5 Å². The summed E-state index contributed by atoms with van der Waals surface area (Å²) in [6, 6.07) is 1.51. The number of benzene rings is 1. The third-order valence-electron chi connectivity index (χ3n) is 5.11. The maximum Gasteiger partial charge on any atom is 0.326 e. The highest BCUT2D eigenvalue weighted by Gasteiger charge is 2.30. The number of carboxylic acids is 1. The molecule has 4 unspecified atom stereocenters. The van der Waals surface area contributed by atoms with E-state index in [0.717, 1.165) is 0 Å². The number of rotatable bonds is 15. The van der Waals surface area contributed by atoms with Crippen molar-refractivity contribution in [3.05, 3.63) is 29.8 Å². The Bertz CT molecular complexity index is 851. The molecule has 11 nitrogen and oxygen atoms in total. The van der Waals surface area contributed by atoms with Gasteiger partial charge in [0.1, 0.15) is 29.9 Å². The molecule has 0 heterocycles. The zero-order valence-electron chi connectivity index (χ0n) is 20.2. The molecule has 0 aliphatic carbocycles. The van der Waals surface area contributed by atoms with E-state index in [2.05, 4.69) is 16.0 Å². The topological polar surface area (TPSA) is 191 Å². The molecule has 0 aromatic heterocycles. The highest BCUT2D eigenvalue weighted by Crippen LogP contribution is 2.13. The molecular weight excluding hydrogens is 476 g/mol. The van der Waals surface area contributed by atoms with Crippen LogP contribution >= 0.6 is 11.8 Å². The predicted octanol–water partition coefficient (Wildman–Crippen LogP) is -0.407. The first-order chi connectivity index (χ1) is 16.5. The molecule has 35 heavy (non-hydrogen) atoms. The number of phenolic OH excluding ortho intramolecular Hbond substituents is 1. The van der Waals surface area contributed by atoms with Gasteiger partial charge in [-0.25, -0.2) is 4.79 Å². The average Bonchev–Trinajstić information content (AvgIpc) is 2.80. The zero-order valence-corrected chi connectivity index (χ0v) is 21.0. The van der Waals surface area contributed by atoms with E-state index in [1.807, 2.05) is 20.1 Å². The first kappa shape index (κ1) is 30.2. The molecular formula is C23H36N4O7S. The van der Waals surface area contributed by atoms with Crippen LogP contribution in [0.4, 0.5) is 0 Å². The van der Waals surface area contributed by atoms with E-state index in [-0.39, 0.29) is 30.9 Å². The van der Waals surface area contributed by atoms with Gasteiger partial charge in [-0.15, -0.1) is 0 Å². The highest BCUT2D eigenvalue weighted by molar-refractivity contribution is 7.98. The Morgan fingerprint density at radius 3 is 2.00 bits per heavy atom. The molecule has 1 rings (SSSR count). The maximum absolute atomic E-state index is 13.1. The molecule has 0 bridgehead atoms. The van der Waals surface area contributed by atoms with Crippen molar-refractivity contribution in [3.8, 4) is 5.75 Å². The molecule has 196 valence electrons. The van der Waals surface area contributed by atoms with Crippen molar-refractivity contribution >= 4 is 35.5 Å². The van der Waals surface area contributed by atoms with Gasteiger partial charge in [0.25, 0.3) is 0 Å². The van der Waals surface area contributed by atoms with Crippen LogP contribution in [-0.2, 0) is 25.6 Å². The number of aliphatic hydroxyl groups is 1. The second-order valence-corrected chi connectivity index (χ2v) is 9.58. The number of phenols is 1. The molecule has 0 fully saturated rings. The van der Waals surface area contributed by atoms with E-state index in [9.17, 15) is 29.4 Å². The number of aliphatic carboxylic acids is 1. The van der Waals surface area contributed by atoms with Crippen LogP contribution in [0.2, 0.25) is 0 Å². The minimum Gasteiger partial charge on any atom is -0.508 e. The Morgan fingerprint density at radius 2 is 1.49 bits per heavy atom. The number of hydrogen-bond donors (Lipinski definition) is 7. The van der Waals surface area contributed by atoms with Crippen molar-refractivity contribution in [1.82, 2.24) is 16.0 Å². The van der Waals surface area contributed by atoms with Crippen molar-refractivity contribution < 1.29 is 34.5 Å². The number of hydrogen-bond acceptors (Lipinski definition) is 8. The average molecular weight is 513 g/mol. The van der Waals surface area contributed by atoms with Crippen molar-refractivity contribution in [1.29, 1.82) is 0 Å². The highest BCUT2D eigenvalue weighted by atomic mass is 32.2. The summed E-state index contributed by atoms with van der Waals surface area (Å²) in [4.78, 5) is 50.0. The molecule has 1 aromatic carbocycles. The smallest absolute Gasteiger partial charge is 0.326 e. The summed E-state index contributed by atoms with van der Waals surface area (Å²) >= 11 is 1.44. The van der Waals surface area contributed by atoms with Crippen molar-refractivity contribution in [2.45, 2.75) is 57.3 Å². The predicted molar refractivity (Wildman–Crippen MR) is 133 cm³/mol. The lowest BCUT2D eigenvalue weighted by Gasteiger charge is -2.26. The van der Waals surface area contributed by atoms with Gasteiger partial charge in [0.05, 0.1) is 6.61 Å². The van der Waals surface area contributed by atoms with Gasteiger partial charge in [0.15, 0.2) is 0 Å². The fourth-order valence-electron chi connectivity index (χ4n) is 3.18. The molecule has 4 atom stereocenters. The monoisotopic (exact) mass is 512 g/mol. The third kappa shape index (κ3) is 11.0. The van der Waals surface area contributed by atoms with Crippen LogP contribution in [0.25, 0.3) is 0 Å². The van der Waals surface area contributed by atoms with Gasteiger partial charge in [-0.3, -0.25) is 14.4 Å². The van der Waals surface area contributed by atoms with E-state index in [1.165, 1.54) is 23.9 Å². The standard InChI is InChI=1S/C23H36N4O7S/c1-13(2)10-18(26-20(30)16(24)12-28)21(31)27-19(11-14-4-6-15(29)7-5-14)22(32)25-17(23(33)34)8-9-35-3/h4-7,13,16-19,28-29H,8-12,24H2,1-3H3,(H,25,32)(H,26,30)(H,27,31)(H,33,34). The summed E-state index contributed by atoms with van der Waals surface area (Å²) in [6.07, 6.45) is 2.29. The van der Waals surface area contributed by atoms with Crippen LogP contribution in [-0.4, -0.2) is 81.8 Å². The molecule has 0 aliphatic heterocycles. The second-order valence-electron chi connectivity index (χ2n) is 8.59. The second kappa shape index (κ2) is 15.2. The lowest BCUT2D eigenvalue weighted by atomic mass is 10.0. The Labute approximate surface area is 209 Å². The number of amides is 3. The molecule has 0 aliphatic rings. The molecule has 3 amide bonds. The lowest BCUT2D eigenvalue weighted by Crippen LogP contribution is -2.58. The van der Waals surface area contributed by atoms with Crippen LogP contribution in [0.1, 0.15) is 32.3 Å². The minimum absolute atomic E-state index is 0.00344. The fraction of sp³-hybridized carbons (Fsp3) is 0.565. The number of carbonyl (C=O) groups is 4. The lowest BCUT2D eigenvalue weighted by molar-refractivity contribution is -0.142. The van der Waals surface area contributed by atoms with Gasteiger partial charge < -0.3 is 37.0 Å². The van der Waals surface area contributed by atoms with Gasteiger partial charge >= 0.3 is 5.97 Å². The molecule has 0 saturated carbocycles. The summed E-state index contributed by atoms with van der Waals surface area (Å²) < 4.78 is 0. The number of nitrogens with two attached hydrogens (primary N) is 1. The van der Waals surface area contributed by atoms with E-state index in [1.54, 1.807) is 12.1 Å². The van der Waals surface area contributed by atoms with Crippen LogP contribution in [0, 0.1) is 5.92 Å². The summed E-state index contributed by atoms with van der Waals surface area (Å²) in [5, 5.41) is 35.7. The summed E-state index contributed by atoms with van der Waals surface area (Å²) in [7, 11) is 0. The minimum atomic E-state index is -1.21. The number of aliphatic hydroxyl groups excluding tert-OH is 1. The van der Waals surface area contributed by atoms with Crippen molar-refractivity contribution in [2.24, 2.45) is 11.7 Å². The summed E-state index contributed by atoms with van der Waals surface area (Å²) in [5.41, 5.74) is 6.16. The Balaban J connectivity index is 3.13. The quantitative estimate of drug-likeness (QED) is 0.164. The molecule has 8 N–H and O–H groups in total. The summed E-state index contributed by atoms with van der Waals surface area (Å²) in [5.74, 6) is -2.69. The Hall–Kier alpha value is -2.83. The van der Waals surface area contributed by atoms with Gasteiger partial charge in [0.2, 0.25) is 17.7 Å². The number of aromatic hydroxyl groups is 1. The van der Waals surface area contributed by atoms with Crippen molar-refractivity contribution in [2.75, 3.05) is 18.6 Å². The first-order valence-corrected chi connectivity index (χ1v) is 12.6. The van der Waals surface area contributed by atoms with E-state index in [4.69, 9.17) is 10.8 Å². The Morgan fingerprint density at radius 1 is 0.943 bits per heavy atom. The normalized spacial score (nSPS) is 14.5. The largest absolute Gasteiger partial charge is 0.508 e. The number of carbonyl (C=O) groups excluding carboxylic acids is 3. The number of carboxylic acid groups (broad SMARTS) is 1. The number of nitrogens with one attached hydrogen (secondary N) is 3. The molecule has 0 radical (unpaired) electrons. The first-order valence-electron chi connectivity index (χ1n) is 11.3. The van der Waals surface area contributed by atoms with Crippen LogP contribution in [0.5, 0.6) is 5.75 Å². The van der Waals surface area contributed by atoms with Crippen molar-refractivity contribution in [3.63, 3.8) is 0 Å².